The number of hydrogen-bond donors (Lipinski definition) is 1. The van der Waals surface area contributed by atoms with Crippen LogP contribution in [0.25, 0.3) is 0 Å². The monoisotopic (exact) mass is 463 g/mol. The van der Waals surface area contributed by atoms with Crippen LogP contribution in [0.1, 0.15) is 20.8 Å². The Bertz CT molecular complexity index is 996. The molecule has 0 aliphatic heterocycles. The molecule has 10 heteroatoms. The van der Waals surface area contributed by atoms with Crippen LogP contribution in [0.4, 0.5) is 11.4 Å². The van der Waals surface area contributed by atoms with Crippen LogP contribution in [0.2, 0.25) is 5.02 Å². The zero-order valence-corrected chi connectivity index (χ0v) is 19.4. The summed E-state index contributed by atoms with van der Waals surface area (Å²) in [5.74, 6) is 0.382. The summed E-state index contributed by atoms with van der Waals surface area (Å²) in [6.45, 7) is 5.52. The van der Waals surface area contributed by atoms with E-state index in [1.807, 2.05) is 0 Å². The first-order chi connectivity index (χ1) is 15.4. The lowest BCUT2D eigenvalue weighted by Crippen LogP contribution is -2.32. The lowest BCUT2D eigenvalue weighted by Gasteiger charge is -2.17. The topological polar surface area (TPSA) is 108 Å². The smallest absolute Gasteiger partial charge is 0.258 e. The highest BCUT2D eigenvalue weighted by Crippen LogP contribution is 2.41. The maximum absolute atomic E-state index is 12.8. The highest BCUT2D eigenvalue weighted by molar-refractivity contribution is 6.32. The molecule has 0 aliphatic carbocycles. The van der Waals surface area contributed by atoms with Gasteiger partial charge >= 0.3 is 0 Å². The molecule has 0 spiro atoms. The molecule has 1 N–H and O–H groups in total. The van der Waals surface area contributed by atoms with Gasteiger partial charge in [-0.15, -0.1) is 0 Å². The largest absolute Gasteiger partial charge is 0.493 e. The lowest BCUT2D eigenvalue weighted by molar-refractivity contribution is -0.126. The van der Waals surface area contributed by atoms with Gasteiger partial charge in [0.15, 0.2) is 28.8 Å². The Morgan fingerprint density at radius 3 is 2.25 bits per heavy atom. The third-order valence-corrected chi connectivity index (χ3v) is 4.49. The number of rotatable bonds is 11. The van der Waals surface area contributed by atoms with E-state index in [1.54, 1.807) is 44.2 Å². The number of nitrogens with one attached hydrogen (secondary N) is 1. The van der Waals surface area contributed by atoms with Crippen LogP contribution >= 0.6 is 11.6 Å². The molecule has 172 valence electrons. The minimum atomic E-state index is -1.37. The summed E-state index contributed by atoms with van der Waals surface area (Å²) in [6, 6.07) is 6.62. The van der Waals surface area contributed by atoms with Gasteiger partial charge in [-0.1, -0.05) is 11.6 Å². The first-order valence-electron chi connectivity index (χ1n) is 9.88. The van der Waals surface area contributed by atoms with Gasteiger partial charge in [-0.05, 0) is 45.0 Å². The molecule has 1 atom stereocenters. The lowest BCUT2D eigenvalue weighted by atomic mass is 10.2. The van der Waals surface area contributed by atoms with Crippen molar-refractivity contribution in [3.8, 4) is 23.0 Å². The van der Waals surface area contributed by atoms with Crippen molar-refractivity contribution in [2.45, 2.75) is 26.8 Å². The van der Waals surface area contributed by atoms with Gasteiger partial charge in [-0.3, -0.25) is 9.59 Å². The number of Topliss-reactive ketones (excluding diaryl/α,β-unsaturated/α-hetero) is 1. The molecule has 2 aromatic carbocycles. The molecule has 1 amide bonds. The van der Waals surface area contributed by atoms with Gasteiger partial charge in [-0.2, -0.15) is 10.2 Å². The normalized spacial score (nSPS) is 11.7. The molecule has 0 saturated carbocycles. The first-order valence-corrected chi connectivity index (χ1v) is 10.3. The molecule has 0 aliphatic rings. The number of carbonyl (C=O) groups is 2. The predicted octanol–water partition coefficient (Wildman–Crippen LogP) is 4.83. The number of carbonyl (C=O) groups excluding carboxylic acids is 2. The van der Waals surface area contributed by atoms with Crippen LogP contribution < -0.4 is 24.3 Å². The standard InChI is InChI=1S/C22H26ClN3O6/c1-6-31-20-15(23)9-10-16(21(20)32-7-2)24-22(28)19(13(3)27)26-25-14-8-11-17(29-4)18(12-14)30-5/h8-12,19H,6-7H2,1-5H3,(H,24,28). The molecule has 9 nitrogen and oxygen atoms in total. The first kappa shape index (κ1) is 24.9. The van der Waals surface area contributed by atoms with E-state index in [4.69, 9.17) is 30.5 Å². The number of ether oxygens (including phenoxy) is 4. The van der Waals surface area contributed by atoms with Crippen molar-refractivity contribution in [1.82, 2.24) is 0 Å². The third-order valence-electron chi connectivity index (χ3n) is 4.19. The fraction of sp³-hybridized carbons (Fsp3) is 0.364. The van der Waals surface area contributed by atoms with Gasteiger partial charge in [0.1, 0.15) is 0 Å². The number of ketones is 1. The molecule has 2 rings (SSSR count). The number of anilines is 1. The summed E-state index contributed by atoms with van der Waals surface area (Å²) in [7, 11) is 3.00. The Balaban J connectivity index is 2.31. The molecule has 0 radical (unpaired) electrons. The number of methoxy groups -OCH3 is 2. The van der Waals surface area contributed by atoms with Crippen molar-refractivity contribution in [2.75, 3.05) is 32.8 Å². The molecule has 2 aromatic rings. The molecule has 0 heterocycles. The number of amides is 1. The highest BCUT2D eigenvalue weighted by Gasteiger charge is 2.26. The predicted molar refractivity (Wildman–Crippen MR) is 121 cm³/mol. The molecule has 32 heavy (non-hydrogen) atoms. The average molecular weight is 464 g/mol. The maximum Gasteiger partial charge on any atom is 0.258 e. The van der Waals surface area contributed by atoms with E-state index in [1.165, 1.54) is 21.1 Å². The van der Waals surface area contributed by atoms with Gasteiger partial charge in [0.05, 0.1) is 43.8 Å². The summed E-state index contributed by atoms with van der Waals surface area (Å²) in [4.78, 5) is 25.0. The van der Waals surface area contributed by atoms with E-state index in [2.05, 4.69) is 15.5 Å². The number of halogens is 1. The average Bonchev–Trinajstić information content (AvgIpc) is 2.77. The van der Waals surface area contributed by atoms with Gasteiger partial charge in [0, 0.05) is 6.07 Å². The number of nitrogens with zero attached hydrogens (tertiary/aromatic N) is 2. The van der Waals surface area contributed by atoms with Crippen molar-refractivity contribution in [2.24, 2.45) is 10.2 Å². The van der Waals surface area contributed by atoms with Crippen molar-refractivity contribution >= 4 is 34.7 Å². The van der Waals surface area contributed by atoms with Crippen molar-refractivity contribution < 1.29 is 28.5 Å². The molecule has 0 saturated heterocycles. The number of hydrogen-bond acceptors (Lipinski definition) is 8. The van der Waals surface area contributed by atoms with Crippen LogP contribution in [0.5, 0.6) is 23.0 Å². The second-order valence-corrected chi connectivity index (χ2v) is 6.78. The van der Waals surface area contributed by atoms with Crippen LogP contribution in [-0.2, 0) is 9.59 Å². The summed E-state index contributed by atoms with van der Waals surface area (Å²) in [5, 5.41) is 11.0. The van der Waals surface area contributed by atoms with Crippen molar-refractivity contribution in [3.63, 3.8) is 0 Å². The van der Waals surface area contributed by atoms with E-state index in [0.717, 1.165) is 0 Å². The molecule has 0 fully saturated rings. The van der Waals surface area contributed by atoms with Gasteiger partial charge < -0.3 is 24.3 Å². The minimum Gasteiger partial charge on any atom is -0.493 e. The van der Waals surface area contributed by atoms with Gasteiger partial charge in [0.2, 0.25) is 6.04 Å². The van der Waals surface area contributed by atoms with Crippen LogP contribution in [-0.4, -0.2) is 45.2 Å². The Labute approximate surface area is 191 Å². The molecule has 0 aromatic heterocycles. The Morgan fingerprint density at radius 2 is 1.66 bits per heavy atom. The molecular weight excluding hydrogens is 438 g/mol. The molecular formula is C22H26ClN3O6. The zero-order valence-electron chi connectivity index (χ0n) is 18.6. The molecule has 0 bridgehead atoms. The SMILES string of the molecule is CCOc1c(Cl)ccc(NC(=O)C(N=Nc2ccc(OC)c(OC)c2)C(C)=O)c1OCC. The van der Waals surface area contributed by atoms with E-state index < -0.39 is 17.7 Å². The Morgan fingerprint density at radius 1 is 1.00 bits per heavy atom. The second kappa shape index (κ2) is 11.9. The number of azo groups is 1. The van der Waals surface area contributed by atoms with E-state index in [-0.39, 0.29) is 5.75 Å². The third kappa shape index (κ3) is 6.10. The highest BCUT2D eigenvalue weighted by atomic mass is 35.5. The van der Waals surface area contributed by atoms with Crippen LogP contribution in [0.15, 0.2) is 40.6 Å². The van der Waals surface area contributed by atoms with Crippen molar-refractivity contribution in [1.29, 1.82) is 0 Å². The number of benzene rings is 2. The van der Waals surface area contributed by atoms with Gasteiger partial charge in [0.25, 0.3) is 5.91 Å². The summed E-state index contributed by atoms with van der Waals surface area (Å²) in [6.07, 6.45) is 0. The van der Waals surface area contributed by atoms with E-state index >= 15 is 0 Å². The Hall–Kier alpha value is -3.33. The summed E-state index contributed by atoms with van der Waals surface area (Å²) in [5.41, 5.74) is 0.694. The van der Waals surface area contributed by atoms with Crippen LogP contribution in [0, 0.1) is 0 Å². The fourth-order valence-electron chi connectivity index (χ4n) is 2.73. The Kier molecular flexibility index (Phi) is 9.27. The minimum absolute atomic E-state index is 0.273. The fourth-order valence-corrected chi connectivity index (χ4v) is 2.94. The molecule has 1 unspecified atom stereocenters. The zero-order chi connectivity index (χ0) is 23.7. The van der Waals surface area contributed by atoms with E-state index in [0.29, 0.717) is 46.9 Å². The van der Waals surface area contributed by atoms with Crippen LogP contribution in [0.3, 0.4) is 0 Å². The van der Waals surface area contributed by atoms with Gasteiger partial charge in [-0.25, -0.2) is 0 Å². The maximum atomic E-state index is 12.8. The summed E-state index contributed by atoms with van der Waals surface area (Å²) >= 11 is 6.20. The van der Waals surface area contributed by atoms with Crippen molar-refractivity contribution in [3.05, 3.63) is 35.4 Å². The quantitative estimate of drug-likeness (QED) is 0.377. The van der Waals surface area contributed by atoms with E-state index in [9.17, 15) is 9.59 Å². The summed E-state index contributed by atoms with van der Waals surface area (Å²) < 4.78 is 21.6. The second-order valence-electron chi connectivity index (χ2n) is 6.38.